The lowest BCUT2D eigenvalue weighted by molar-refractivity contribution is 0.526. The SMILES string of the molecule is CCCNCc1ccc(C(C)C)n(C(C)C)c1=O. The molecule has 3 nitrogen and oxygen atoms in total. The molecule has 0 amide bonds. The van der Waals surface area contributed by atoms with E-state index in [1.165, 1.54) is 0 Å². The standard InChI is InChI=1S/C15H26N2O/c1-6-9-16-10-13-7-8-14(11(2)3)17(12(4)5)15(13)18/h7-8,11-12,16H,6,9-10H2,1-5H3. The number of hydrogen-bond acceptors (Lipinski definition) is 2. The highest BCUT2D eigenvalue weighted by Crippen LogP contribution is 2.16. The van der Waals surface area contributed by atoms with Crippen molar-refractivity contribution in [1.29, 1.82) is 0 Å². The molecule has 1 N–H and O–H groups in total. The Kier molecular flexibility index (Phi) is 5.60. The molecule has 0 spiro atoms. The maximum atomic E-state index is 12.5. The zero-order valence-corrected chi connectivity index (χ0v) is 12.3. The van der Waals surface area contributed by atoms with Crippen LogP contribution >= 0.6 is 0 Å². The van der Waals surface area contributed by atoms with Crippen molar-refractivity contribution in [2.24, 2.45) is 0 Å². The van der Waals surface area contributed by atoms with Crippen LogP contribution in [-0.4, -0.2) is 11.1 Å². The molecular weight excluding hydrogens is 224 g/mol. The molecule has 1 aromatic heterocycles. The molecule has 0 bridgehead atoms. The van der Waals surface area contributed by atoms with Gasteiger partial charge in [0.05, 0.1) is 0 Å². The molecule has 3 heteroatoms. The summed E-state index contributed by atoms with van der Waals surface area (Å²) in [5.41, 5.74) is 2.13. The summed E-state index contributed by atoms with van der Waals surface area (Å²) in [6.07, 6.45) is 1.09. The van der Waals surface area contributed by atoms with Gasteiger partial charge in [0.25, 0.3) is 5.56 Å². The van der Waals surface area contributed by atoms with Gasteiger partial charge in [0.2, 0.25) is 0 Å². The fourth-order valence-corrected chi connectivity index (χ4v) is 2.15. The highest BCUT2D eigenvalue weighted by atomic mass is 16.1. The second-order valence-electron chi connectivity index (χ2n) is 5.38. The van der Waals surface area contributed by atoms with Crippen LogP contribution < -0.4 is 10.9 Å². The van der Waals surface area contributed by atoms with Gasteiger partial charge in [0, 0.05) is 23.8 Å². The first kappa shape index (κ1) is 15.0. The molecule has 1 heterocycles. The molecule has 0 aromatic carbocycles. The van der Waals surface area contributed by atoms with Gasteiger partial charge in [-0.1, -0.05) is 26.8 Å². The number of hydrogen-bond donors (Lipinski definition) is 1. The van der Waals surface area contributed by atoms with E-state index in [0.29, 0.717) is 12.5 Å². The van der Waals surface area contributed by atoms with Gasteiger partial charge in [-0.15, -0.1) is 0 Å². The zero-order valence-electron chi connectivity index (χ0n) is 12.3. The van der Waals surface area contributed by atoms with Crippen molar-refractivity contribution in [3.8, 4) is 0 Å². The number of pyridine rings is 1. The van der Waals surface area contributed by atoms with E-state index in [0.717, 1.165) is 24.2 Å². The predicted molar refractivity (Wildman–Crippen MR) is 77.2 cm³/mol. The molecule has 0 atom stereocenters. The molecule has 102 valence electrons. The van der Waals surface area contributed by atoms with E-state index in [2.05, 4.69) is 46.0 Å². The third kappa shape index (κ3) is 3.45. The Balaban J connectivity index is 3.10. The second-order valence-corrected chi connectivity index (χ2v) is 5.38. The van der Waals surface area contributed by atoms with Crippen molar-refractivity contribution in [3.05, 3.63) is 33.7 Å². The molecule has 0 saturated carbocycles. The molecule has 0 radical (unpaired) electrons. The Labute approximate surface area is 110 Å². The van der Waals surface area contributed by atoms with Crippen LogP contribution in [0.25, 0.3) is 0 Å². The van der Waals surface area contributed by atoms with Gasteiger partial charge >= 0.3 is 0 Å². The minimum absolute atomic E-state index is 0.153. The minimum atomic E-state index is 0.153. The highest BCUT2D eigenvalue weighted by molar-refractivity contribution is 5.19. The zero-order chi connectivity index (χ0) is 13.7. The Bertz CT molecular complexity index is 433. The highest BCUT2D eigenvalue weighted by Gasteiger charge is 2.13. The minimum Gasteiger partial charge on any atom is -0.312 e. The van der Waals surface area contributed by atoms with Crippen LogP contribution in [0.1, 0.15) is 64.3 Å². The third-order valence-electron chi connectivity index (χ3n) is 3.08. The summed E-state index contributed by atoms with van der Waals surface area (Å²) < 4.78 is 1.92. The van der Waals surface area contributed by atoms with Gasteiger partial charge in [-0.3, -0.25) is 4.79 Å². The van der Waals surface area contributed by atoms with Crippen molar-refractivity contribution in [3.63, 3.8) is 0 Å². The number of nitrogens with one attached hydrogen (secondary N) is 1. The number of aromatic nitrogens is 1. The lowest BCUT2D eigenvalue weighted by atomic mass is 10.1. The van der Waals surface area contributed by atoms with E-state index in [-0.39, 0.29) is 11.6 Å². The molecule has 0 fully saturated rings. The lowest BCUT2D eigenvalue weighted by Crippen LogP contribution is -2.31. The Hall–Kier alpha value is -1.09. The first-order chi connectivity index (χ1) is 8.49. The van der Waals surface area contributed by atoms with E-state index in [9.17, 15) is 4.79 Å². The Morgan fingerprint density at radius 2 is 1.89 bits per heavy atom. The van der Waals surface area contributed by atoms with Crippen molar-refractivity contribution < 1.29 is 0 Å². The van der Waals surface area contributed by atoms with E-state index in [1.807, 2.05) is 10.6 Å². The second kappa shape index (κ2) is 6.74. The number of rotatable bonds is 6. The summed E-state index contributed by atoms with van der Waals surface area (Å²) in [6, 6.07) is 4.27. The molecule has 0 aliphatic rings. The summed E-state index contributed by atoms with van der Waals surface area (Å²) in [6.45, 7) is 12.1. The van der Waals surface area contributed by atoms with Crippen LogP contribution in [-0.2, 0) is 6.54 Å². The van der Waals surface area contributed by atoms with Crippen LogP contribution in [0.3, 0.4) is 0 Å². The van der Waals surface area contributed by atoms with Gasteiger partial charge in [-0.2, -0.15) is 0 Å². The first-order valence-corrected chi connectivity index (χ1v) is 6.94. The van der Waals surface area contributed by atoms with Crippen LogP contribution in [0.15, 0.2) is 16.9 Å². The molecular formula is C15H26N2O. The molecule has 0 aliphatic heterocycles. The molecule has 0 unspecified atom stereocenters. The Morgan fingerprint density at radius 3 is 2.39 bits per heavy atom. The fourth-order valence-electron chi connectivity index (χ4n) is 2.15. The smallest absolute Gasteiger partial charge is 0.255 e. The van der Waals surface area contributed by atoms with Crippen LogP contribution in [0.2, 0.25) is 0 Å². The van der Waals surface area contributed by atoms with Crippen molar-refractivity contribution in [1.82, 2.24) is 9.88 Å². The maximum absolute atomic E-state index is 12.5. The summed E-state index contributed by atoms with van der Waals surface area (Å²) in [5, 5.41) is 3.29. The van der Waals surface area contributed by atoms with Crippen LogP contribution in [0.5, 0.6) is 0 Å². The molecule has 0 aliphatic carbocycles. The topological polar surface area (TPSA) is 34.0 Å². The average Bonchev–Trinajstić information content (AvgIpc) is 2.30. The summed E-state index contributed by atoms with van der Waals surface area (Å²) in [4.78, 5) is 12.5. The molecule has 18 heavy (non-hydrogen) atoms. The van der Waals surface area contributed by atoms with E-state index in [1.54, 1.807) is 0 Å². The monoisotopic (exact) mass is 250 g/mol. The van der Waals surface area contributed by atoms with E-state index >= 15 is 0 Å². The first-order valence-electron chi connectivity index (χ1n) is 6.94. The molecule has 1 aromatic rings. The van der Waals surface area contributed by atoms with Gasteiger partial charge in [-0.25, -0.2) is 0 Å². The van der Waals surface area contributed by atoms with Crippen molar-refractivity contribution in [2.75, 3.05) is 6.54 Å². The quantitative estimate of drug-likeness (QED) is 0.787. The van der Waals surface area contributed by atoms with E-state index < -0.39 is 0 Å². The normalized spacial score (nSPS) is 11.5. The van der Waals surface area contributed by atoms with Gasteiger partial charge in [0.1, 0.15) is 0 Å². The van der Waals surface area contributed by atoms with Crippen LogP contribution in [0.4, 0.5) is 0 Å². The van der Waals surface area contributed by atoms with Crippen molar-refractivity contribution >= 4 is 0 Å². The Morgan fingerprint density at radius 1 is 1.22 bits per heavy atom. The van der Waals surface area contributed by atoms with Crippen LogP contribution in [0, 0.1) is 0 Å². The third-order valence-corrected chi connectivity index (χ3v) is 3.08. The maximum Gasteiger partial charge on any atom is 0.255 e. The number of nitrogens with zero attached hydrogens (tertiary/aromatic N) is 1. The van der Waals surface area contributed by atoms with Gasteiger partial charge < -0.3 is 9.88 Å². The van der Waals surface area contributed by atoms with E-state index in [4.69, 9.17) is 0 Å². The molecule has 1 rings (SSSR count). The summed E-state index contributed by atoms with van der Waals surface area (Å²) in [5.74, 6) is 0.373. The van der Waals surface area contributed by atoms with Gasteiger partial charge in [-0.05, 0) is 38.8 Å². The lowest BCUT2D eigenvalue weighted by Gasteiger charge is -2.20. The van der Waals surface area contributed by atoms with Crippen molar-refractivity contribution in [2.45, 2.75) is 59.5 Å². The van der Waals surface area contributed by atoms with Gasteiger partial charge in [0.15, 0.2) is 0 Å². The molecule has 0 saturated heterocycles. The fraction of sp³-hybridized carbons (Fsp3) is 0.667. The summed E-state index contributed by atoms with van der Waals surface area (Å²) in [7, 11) is 0. The predicted octanol–water partition coefficient (Wildman–Crippen LogP) is 3.05. The largest absolute Gasteiger partial charge is 0.312 e. The summed E-state index contributed by atoms with van der Waals surface area (Å²) >= 11 is 0. The average molecular weight is 250 g/mol.